The highest BCUT2D eigenvalue weighted by Crippen LogP contribution is 2.32. The van der Waals surface area contributed by atoms with Gasteiger partial charge in [0.05, 0.1) is 0 Å². The quantitative estimate of drug-likeness (QED) is 0.346. The first-order chi connectivity index (χ1) is 12.7. The minimum Gasteiger partial charge on any atom is -0.454 e. The number of carbonyl (C=O) groups is 1. The van der Waals surface area contributed by atoms with E-state index in [1.807, 2.05) is 30.3 Å². The molecule has 2 aromatic rings. The Morgan fingerprint density at radius 3 is 2.30 bits per heavy atom. The Balaban J connectivity index is 0.00000261. The monoisotopic (exact) mass is 482 g/mol. The van der Waals surface area contributed by atoms with E-state index in [0.717, 1.165) is 22.6 Å². The molecule has 0 aromatic heterocycles. The summed E-state index contributed by atoms with van der Waals surface area (Å²) in [6, 6.07) is 13.3. The van der Waals surface area contributed by atoms with E-state index >= 15 is 0 Å². The minimum atomic E-state index is -0.0919. The molecule has 0 aliphatic carbocycles. The number of nitrogens with one attached hydrogen (secondary N) is 3. The van der Waals surface area contributed by atoms with E-state index in [1.54, 1.807) is 26.2 Å². The summed E-state index contributed by atoms with van der Waals surface area (Å²) >= 11 is 0. The van der Waals surface area contributed by atoms with Gasteiger partial charge >= 0.3 is 0 Å². The lowest BCUT2D eigenvalue weighted by molar-refractivity contribution is 0.0963. The lowest BCUT2D eigenvalue weighted by Crippen LogP contribution is -2.36. The summed E-state index contributed by atoms with van der Waals surface area (Å²) in [6.45, 7) is 1.49. The maximum Gasteiger partial charge on any atom is 0.251 e. The summed E-state index contributed by atoms with van der Waals surface area (Å²) < 4.78 is 10.7. The zero-order chi connectivity index (χ0) is 18.4. The number of benzene rings is 2. The number of halogens is 1. The zero-order valence-electron chi connectivity index (χ0n) is 15.2. The summed E-state index contributed by atoms with van der Waals surface area (Å²) in [4.78, 5) is 15.8. The average Bonchev–Trinajstić information content (AvgIpc) is 3.15. The molecule has 1 heterocycles. The highest BCUT2D eigenvalue weighted by molar-refractivity contribution is 14.0. The third kappa shape index (κ3) is 5.49. The van der Waals surface area contributed by atoms with Crippen molar-refractivity contribution in [2.45, 2.75) is 13.1 Å². The number of fused-ring (bicyclic) bond motifs is 1. The molecule has 0 saturated carbocycles. The summed E-state index contributed by atoms with van der Waals surface area (Å²) in [7, 11) is 3.34. The van der Waals surface area contributed by atoms with Gasteiger partial charge in [0.2, 0.25) is 6.79 Å². The lowest BCUT2D eigenvalue weighted by atomic mass is 10.1. The first-order valence-electron chi connectivity index (χ1n) is 8.33. The van der Waals surface area contributed by atoms with E-state index in [9.17, 15) is 4.79 Å². The number of rotatable bonds is 5. The van der Waals surface area contributed by atoms with Crippen LogP contribution < -0.4 is 25.4 Å². The Kier molecular flexibility index (Phi) is 7.71. The van der Waals surface area contributed by atoms with Crippen molar-refractivity contribution in [1.29, 1.82) is 0 Å². The van der Waals surface area contributed by atoms with Crippen LogP contribution in [0, 0.1) is 0 Å². The van der Waals surface area contributed by atoms with E-state index in [4.69, 9.17) is 9.47 Å². The van der Waals surface area contributed by atoms with Crippen LogP contribution in [0.1, 0.15) is 21.5 Å². The van der Waals surface area contributed by atoms with Crippen LogP contribution in [0.3, 0.4) is 0 Å². The number of guanidine groups is 1. The van der Waals surface area contributed by atoms with Crippen molar-refractivity contribution in [1.82, 2.24) is 16.0 Å². The molecule has 0 fully saturated rings. The predicted octanol–water partition coefficient (Wildman–Crippen LogP) is 2.26. The molecule has 7 nitrogen and oxygen atoms in total. The van der Waals surface area contributed by atoms with Crippen LogP contribution in [-0.4, -0.2) is 32.8 Å². The second-order valence-corrected chi connectivity index (χ2v) is 5.74. The zero-order valence-corrected chi connectivity index (χ0v) is 17.6. The van der Waals surface area contributed by atoms with Gasteiger partial charge in [-0.05, 0) is 35.4 Å². The first-order valence-corrected chi connectivity index (χ1v) is 8.33. The van der Waals surface area contributed by atoms with Crippen LogP contribution in [-0.2, 0) is 13.1 Å². The standard InChI is InChI=1S/C19H22N4O3.HI/c1-20-18(24)15-6-3-13(4-7-15)10-22-19(21-2)23-11-14-5-8-16-17(9-14)26-12-25-16;/h3-9H,10-12H2,1-2H3,(H,20,24)(H2,21,22,23);1H. The van der Waals surface area contributed by atoms with Crippen LogP contribution in [0.5, 0.6) is 11.5 Å². The molecule has 1 aliphatic heterocycles. The fourth-order valence-electron chi connectivity index (χ4n) is 2.56. The summed E-state index contributed by atoms with van der Waals surface area (Å²) in [6.07, 6.45) is 0. The molecule has 8 heteroatoms. The van der Waals surface area contributed by atoms with Gasteiger partial charge in [-0.25, -0.2) is 0 Å². The summed E-state index contributed by atoms with van der Waals surface area (Å²) in [5.41, 5.74) is 2.78. The Hall–Kier alpha value is -2.49. The van der Waals surface area contributed by atoms with Crippen LogP contribution in [0.25, 0.3) is 0 Å². The van der Waals surface area contributed by atoms with Gasteiger partial charge in [0.15, 0.2) is 17.5 Å². The number of amides is 1. The van der Waals surface area contributed by atoms with E-state index in [0.29, 0.717) is 24.6 Å². The van der Waals surface area contributed by atoms with E-state index in [-0.39, 0.29) is 36.7 Å². The van der Waals surface area contributed by atoms with Crippen molar-refractivity contribution < 1.29 is 14.3 Å². The molecule has 0 atom stereocenters. The van der Waals surface area contributed by atoms with E-state index < -0.39 is 0 Å². The molecule has 0 radical (unpaired) electrons. The Labute approximate surface area is 175 Å². The van der Waals surface area contributed by atoms with Gasteiger partial charge in [-0.2, -0.15) is 0 Å². The molecule has 1 amide bonds. The van der Waals surface area contributed by atoms with Crippen molar-refractivity contribution in [2.75, 3.05) is 20.9 Å². The van der Waals surface area contributed by atoms with Gasteiger partial charge in [0.1, 0.15) is 0 Å². The molecular weight excluding hydrogens is 459 g/mol. The van der Waals surface area contributed by atoms with Gasteiger partial charge in [-0.1, -0.05) is 18.2 Å². The van der Waals surface area contributed by atoms with Crippen LogP contribution >= 0.6 is 24.0 Å². The Morgan fingerprint density at radius 1 is 1.00 bits per heavy atom. The minimum absolute atomic E-state index is 0. The Bertz CT molecular complexity index is 809. The van der Waals surface area contributed by atoms with Gasteiger partial charge in [-0.3, -0.25) is 9.79 Å². The molecule has 27 heavy (non-hydrogen) atoms. The summed E-state index contributed by atoms with van der Waals surface area (Å²) in [5.74, 6) is 2.14. The highest BCUT2D eigenvalue weighted by atomic mass is 127. The molecular formula is C19H23IN4O3. The number of nitrogens with zero attached hydrogens (tertiary/aromatic N) is 1. The first kappa shape index (κ1) is 20.8. The molecule has 0 unspecified atom stereocenters. The van der Waals surface area contributed by atoms with Crippen LogP contribution in [0.4, 0.5) is 0 Å². The second-order valence-electron chi connectivity index (χ2n) is 5.74. The van der Waals surface area contributed by atoms with Gasteiger partial charge in [-0.15, -0.1) is 24.0 Å². The van der Waals surface area contributed by atoms with E-state index in [2.05, 4.69) is 20.9 Å². The predicted molar refractivity (Wildman–Crippen MR) is 115 cm³/mol. The molecule has 0 bridgehead atoms. The molecule has 144 valence electrons. The van der Waals surface area contributed by atoms with Crippen LogP contribution in [0.15, 0.2) is 47.5 Å². The van der Waals surface area contributed by atoms with Gasteiger partial charge < -0.3 is 25.4 Å². The Morgan fingerprint density at radius 2 is 1.63 bits per heavy atom. The van der Waals surface area contributed by atoms with E-state index in [1.165, 1.54) is 0 Å². The van der Waals surface area contributed by atoms with Crippen molar-refractivity contribution in [3.05, 3.63) is 59.2 Å². The maximum atomic E-state index is 11.6. The van der Waals surface area contributed by atoms with Crippen molar-refractivity contribution >= 4 is 35.8 Å². The SMILES string of the molecule is CN=C(NCc1ccc(C(=O)NC)cc1)NCc1ccc2c(c1)OCO2.I. The third-order valence-electron chi connectivity index (χ3n) is 4.02. The number of carbonyl (C=O) groups excluding carboxylic acids is 1. The molecule has 0 saturated heterocycles. The average molecular weight is 482 g/mol. The number of hydrogen-bond acceptors (Lipinski definition) is 4. The van der Waals surface area contributed by atoms with Gasteiger partial charge in [0, 0.05) is 32.7 Å². The van der Waals surface area contributed by atoms with Gasteiger partial charge in [0.25, 0.3) is 5.91 Å². The van der Waals surface area contributed by atoms with Crippen molar-refractivity contribution in [3.8, 4) is 11.5 Å². The molecule has 0 spiro atoms. The molecule has 1 aliphatic rings. The fourth-order valence-corrected chi connectivity index (χ4v) is 2.56. The normalized spacial score (nSPS) is 12.1. The number of ether oxygens (including phenoxy) is 2. The van der Waals surface area contributed by atoms with Crippen LogP contribution in [0.2, 0.25) is 0 Å². The third-order valence-corrected chi connectivity index (χ3v) is 4.02. The fraction of sp³-hybridized carbons (Fsp3) is 0.263. The highest BCUT2D eigenvalue weighted by Gasteiger charge is 2.13. The topological polar surface area (TPSA) is 84.0 Å². The molecule has 2 aromatic carbocycles. The lowest BCUT2D eigenvalue weighted by Gasteiger charge is -2.12. The molecule has 3 N–H and O–H groups in total. The van der Waals surface area contributed by atoms with Crippen molar-refractivity contribution in [2.24, 2.45) is 4.99 Å². The van der Waals surface area contributed by atoms with Crippen molar-refractivity contribution in [3.63, 3.8) is 0 Å². The maximum absolute atomic E-state index is 11.6. The summed E-state index contributed by atoms with van der Waals surface area (Å²) in [5, 5.41) is 9.13. The smallest absolute Gasteiger partial charge is 0.251 e. The molecule has 3 rings (SSSR count). The largest absolute Gasteiger partial charge is 0.454 e. The second kappa shape index (κ2) is 10.0. The number of hydrogen-bond donors (Lipinski definition) is 3. The number of aliphatic imine (C=N–C) groups is 1.